The minimum atomic E-state index is 0. The molecule has 0 spiro atoms. The topological polar surface area (TPSA) is 0 Å². The molecular formula is C70H100. The normalized spacial score (nSPS) is 21.6. The Morgan fingerprint density at radius 2 is 1.04 bits per heavy atom. The Labute approximate surface area is 432 Å². The summed E-state index contributed by atoms with van der Waals surface area (Å²) in [6, 6.07) is 53.1. The minimum Gasteiger partial charge on any atom is -0.0856 e. The van der Waals surface area contributed by atoms with Crippen LogP contribution in [0.1, 0.15) is 201 Å². The maximum Gasteiger partial charge on any atom is -0.00389 e. The van der Waals surface area contributed by atoms with Gasteiger partial charge in [-0.1, -0.05) is 251 Å². The van der Waals surface area contributed by atoms with E-state index in [-0.39, 0.29) is 27.7 Å². The highest BCUT2D eigenvalue weighted by Gasteiger charge is 2.54. The standard InChI is InChI=1S/2C25H32.C17H24.3CH4/c1-18(19-10-6-5-7-11-19)21-16-17-25(4)22-13-9-8-12-20(22)14-15-23(25)24(21,2)3;1-19-15-17-24(20(2)22-13-9-6-10-14-22)25(3,4)23(19)18-16-21-11-7-5-8-12-21;1-15(2)9-7-10-16(3)11-8-14-17-12-5-4-6-13-17;;;/h5-13,18,21,23H,14-17H2,1-4H3;5-14,20,24H,15-18H2,1-4H3;4-6,9,11-13H,7-8,10,14H2,1-3H3;3*1H4/b;;16-11+;;;/t18?,21-,23+,25-;20?,24-;;;;/m11..../s1. The second-order valence-corrected chi connectivity index (χ2v) is 22.5. The van der Waals surface area contributed by atoms with Crippen molar-refractivity contribution in [3.05, 3.63) is 213 Å². The van der Waals surface area contributed by atoms with Gasteiger partial charge in [0.2, 0.25) is 0 Å². The van der Waals surface area contributed by atoms with E-state index >= 15 is 0 Å². The van der Waals surface area contributed by atoms with Gasteiger partial charge in [-0.05, 0) is 184 Å². The molecule has 0 N–H and O–H groups in total. The van der Waals surface area contributed by atoms with E-state index in [1.807, 2.05) is 0 Å². The molecule has 0 aliphatic heterocycles. The van der Waals surface area contributed by atoms with Crippen LogP contribution in [0.4, 0.5) is 0 Å². The maximum atomic E-state index is 2.56. The Bertz CT molecular complexity index is 2330. The molecule has 0 nitrogen and oxygen atoms in total. The quantitative estimate of drug-likeness (QED) is 0.103. The number of rotatable bonds is 13. The Hall–Kier alpha value is -4.68. The molecule has 3 aliphatic carbocycles. The molecule has 0 heteroatoms. The highest BCUT2D eigenvalue weighted by Crippen LogP contribution is 2.61. The first-order chi connectivity index (χ1) is 32.1. The summed E-state index contributed by atoms with van der Waals surface area (Å²) in [7, 11) is 0. The molecular weight excluding hydrogens is 841 g/mol. The van der Waals surface area contributed by atoms with Gasteiger partial charge in [-0.3, -0.25) is 0 Å². The number of fused-ring (bicyclic) bond motifs is 3. The Kier molecular flexibility index (Phi) is 23.7. The molecule has 0 radical (unpaired) electrons. The molecule has 0 saturated heterocycles. The van der Waals surface area contributed by atoms with Crippen molar-refractivity contribution in [2.24, 2.45) is 28.6 Å². The summed E-state index contributed by atoms with van der Waals surface area (Å²) < 4.78 is 0. The van der Waals surface area contributed by atoms with Crippen molar-refractivity contribution < 1.29 is 0 Å². The second-order valence-electron chi connectivity index (χ2n) is 22.5. The average Bonchev–Trinajstić information content (AvgIpc) is 3.32. The van der Waals surface area contributed by atoms with E-state index in [9.17, 15) is 0 Å². The fraction of sp³-hybridized carbons (Fsp3) is 0.486. The Balaban J connectivity index is 0.000000278. The van der Waals surface area contributed by atoms with Crippen LogP contribution in [0.5, 0.6) is 0 Å². The van der Waals surface area contributed by atoms with Crippen molar-refractivity contribution in [3.63, 3.8) is 0 Å². The van der Waals surface area contributed by atoms with Gasteiger partial charge in [-0.2, -0.15) is 0 Å². The van der Waals surface area contributed by atoms with Crippen molar-refractivity contribution in [3.8, 4) is 0 Å². The fourth-order valence-electron chi connectivity index (χ4n) is 13.4. The molecule has 3 aliphatic rings. The van der Waals surface area contributed by atoms with Crippen molar-refractivity contribution in [2.45, 2.75) is 193 Å². The zero-order valence-electron chi connectivity index (χ0n) is 43.9. The molecule has 8 rings (SSSR count). The van der Waals surface area contributed by atoms with Gasteiger partial charge in [-0.25, -0.2) is 0 Å². The minimum absolute atomic E-state index is 0. The van der Waals surface area contributed by atoms with Crippen LogP contribution in [0.15, 0.2) is 180 Å². The van der Waals surface area contributed by atoms with E-state index in [0.717, 1.165) is 31.1 Å². The van der Waals surface area contributed by atoms with E-state index in [0.29, 0.717) is 28.6 Å². The zero-order chi connectivity index (χ0) is 48.0. The molecule has 0 aromatic heterocycles. The van der Waals surface area contributed by atoms with Gasteiger partial charge in [0, 0.05) is 0 Å². The van der Waals surface area contributed by atoms with Crippen LogP contribution in [0.3, 0.4) is 0 Å². The van der Waals surface area contributed by atoms with Gasteiger partial charge >= 0.3 is 0 Å². The molecule has 0 heterocycles. The second kappa shape index (κ2) is 27.8. The van der Waals surface area contributed by atoms with Gasteiger partial charge in [0.05, 0.1) is 0 Å². The third-order valence-corrected chi connectivity index (χ3v) is 17.2. The average molecular weight is 942 g/mol. The maximum absolute atomic E-state index is 2.56. The molecule has 0 amide bonds. The molecule has 1 fully saturated rings. The Morgan fingerprint density at radius 3 is 1.60 bits per heavy atom. The summed E-state index contributed by atoms with van der Waals surface area (Å²) in [6.45, 7) is 26.5. The lowest BCUT2D eigenvalue weighted by Gasteiger charge is -2.59. The molecule has 1 saturated carbocycles. The molecule has 2 unspecified atom stereocenters. The fourth-order valence-corrected chi connectivity index (χ4v) is 13.4. The van der Waals surface area contributed by atoms with Crippen molar-refractivity contribution in [1.29, 1.82) is 0 Å². The van der Waals surface area contributed by atoms with Crippen LogP contribution in [-0.4, -0.2) is 0 Å². The van der Waals surface area contributed by atoms with Crippen LogP contribution < -0.4 is 0 Å². The first-order valence-corrected chi connectivity index (χ1v) is 26.4. The first-order valence-electron chi connectivity index (χ1n) is 26.4. The number of aryl methyl sites for hydroxylation is 3. The molecule has 70 heavy (non-hydrogen) atoms. The summed E-state index contributed by atoms with van der Waals surface area (Å²) in [4.78, 5) is 0. The van der Waals surface area contributed by atoms with Crippen molar-refractivity contribution in [1.82, 2.24) is 0 Å². The number of hydrogen-bond acceptors (Lipinski definition) is 0. The smallest absolute Gasteiger partial charge is 0.00389 e. The summed E-state index contributed by atoms with van der Waals surface area (Å²) >= 11 is 0. The van der Waals surface area contributed by atoms with Crippen LogP contribution in [0.2, 0.25) is 0 Å². The van der Waals surface area contributed by atoms with Gasteiger partial charge in [0.1, 0.15) is 0 Å². The van der Waals surface area contributed by atoms with Gasteiger partial charge < -0.3 is 0 Å². The highest BCUT2D eigenvalue weighted by atomic mass is 14.6. The van der Waals surface area contributed by atoms with Crippen LogP contribution in [-0.2, 0) is 24.7 Å². The summed E-state index contributed by atoms with van der Waals surface area (Å²) in [5, 5.41) is 0. The monoisotopic (exact) mass is 941 g/mol. The third-order valence-electron chi connectivity index (χ3n) is 17.2. The van der Waals surface area contributed by atoms with Crippen LogP contribution in [0, 0.1) is 28.6 Å². The van der Waals surface area contributed by atoms with E-state index in [1.165, 1.54) is 91.2 Å². The van der Waals surface area contributed by atoms with Crippen LogP contribution in [0.25, 0.3) is 0 Å². The predicted octanol–water partition coefficient (Wildman–Crippen LogP) is 21.1. The lowest BCUT2D eigenvalue weighted by molar-refractivity contribution is -0.0236. The molecule has 6 atom stereocenters. The SMILES string of the molecule is C.C.C.CC(C)=CCC/C(C)=C/CCc1ccccc1.CC(c1ccccc1)[C@H]1CC[C@]2(C)c3ccccc3CC[C@H]2C1(C)C.CC1=C(CCc2ccccc2)C(C)(C)[C@@H](C(C)c2ccccc2)CC1. The lowest BCUT2D eigenvalue weighted by Crippen LogP contribution is -2.52. The molecule has 5 aromatic rings. The van der Waals surface area contributed by atoms with E-state index in [4.69, 9.17) is 0 Å². The van der Waals surface area contributed by atoms with Crippen molar-refractivity contribution >= 4 is 0 Å². The molecule has 5 aromatic carbocycles. The summed E-state index contributed by atoms with van der Waals surface area (Å²) in [6.07, 6.45) is 19.6. The third kappa shape index (κ3) is 15.2. The lowest BCUT2D eigenvalue weighted by atomic mass is 9.46. The summed E-state index contributed by atoms with van der Waals surface area (Å²) in [5.41, 5.74) is 16.4. The molecule has 0 bridgehead atoms. The van der Waals surface area contributed by atoms with Gasteiger partial charge in [-0.15, -0.1) is 0 Å². The van der Waals surface area contributed by atoms with Crippen LogP contribution >= 0.6 is 0 Å². The van der Waals surface area contributed by atoms with E-state index < -0.39 is 0 Å². The number of benzene rings is 5. The van der Waals surface area contributed by atoms with E-state index in [1.54, 1.807) is 22.3 Å². The number of allylic oxidation sites excluding steroid dienone is 6. The van der Waals surface area contributed by atoms with Crippen molar-refractivity contribution in [2.75, 3.05) is 0 Å². The van der Waals surface area contributed by atoms with Gasteiger partial charge in [0.25, 0.3) is 0 Å². The highest BCUT2D eigenvalue weighted by molar-refractivity contribution is 5.39. The largest absolute Gasteiger partial charge is 0.0856 e. The Morgan fingerprint density at radius 1 is 0.543 bits per heavy atom. The zero-order valence-corrected chi connectivity index (χ0v) is 43.9. The summed E-state index contributed by atoms with van der Waals surface area (Å²) in [5.74, 6) is 3.50. The predicted molar refractivity (Wildman–Crippen MR) is 313 cm³/mol. The van der Waals surface area contributed by atoms with E-state index in [2.05, 4.69) is 234 Å². The number of hydrogen-bond donors (Lipinski definition) is 0. The van der Waals surface area contributed by atoms with Gasteiger partial charge in [0.15, 0.2) is 0 Å². The first kappa shape index (κ1) is 59.6. The molecule has 380 valence electrons.